The lowest BCUT2D eigenvalue weighted by Gasteiger charge is -2.21. The maximum absolute atomic E-state index is 13.1. The average molecular weight is 359 g/mol. The van der Waals surface area contributed by atoms with Crippen LogP contribution in [0.3, 0.4) is 0 Å². The Bertz CT molecular complexity index is 1070. The number of nitrogens with zero attached hydrogens (tertiary/aromatic N) is 1. The van der Waals surface area contributed by atoms with Crippen molar-refractivity contribution in [2.45, 2.75) is 5.79 Å². The lowest BCUT2D eigenvalue weighted by molar-refractivity contribution is -0.180. The number of anilines is 1. The molecule has 5 nitrogen and oxygen atoms in total. The molecular formula is C22H17NO4. The zero-order chi connectivity index (χ0) is 18.4. The van der Waals surface area contributed by atoms with Crippen LogP contribution in [0.5, 0.6) is 0 Å². The second-order valence-corrected chi connectivity index (χ2v) is 6.71. The number of amides is 1. The van der Waals surface area contributed by atoms with Gasteiger partial charge in [-0.25, -0.2) is 0 Å². The van der Waals surface area contributed by atoms with Crippen LogP contribution < -0.4 is 4.90 Å². The Labute approximate surface area is 156 Å². The molecule has 0 unspecified atom stereocenters. The first-order chi connectivity index (χ1) is 13.2. The molecule has 0 radical (unpaired) electrons. The van der Waals surface area contributed by atoms with Crippen LogP contribution in [0.2, 0.25) is 0 Å². The molecule has 5 rings (SSSR count). The Hall–Kier alpha value is -3.02. The van der Waals surface area contributed by atoms with Gasteiger partial charge in [-0.1, -0.05) is 54.6 Å². The highest BCUT2D eigenvalue weighted by Gasteiger charge is 2.56. The van der Waals surface area contributed by atoms with Gasteiger partial charge in [-0.15, -0.1) is 0 Å². The smallest absolute Gasteiger partial charge is 0.292 e. The molecule has 134 valence electrons. The molecule has 2 aliphatic rings. The lowest BCUT2D eigenvalue weighted by Crippen LogP contribution is -2.43. The topological polar surface area (TPSA) is 55.8 Å². The number of hydrogen-bond acceptors (Lipinski definition) is 4. The number of ether oxygens (including phenoxy) is 2. The van der Waals surface area contributed by atoms with Gasteiger partial charge in [0.05, 0.1) is 25.4 Å². The van der Waals surface area contributed by atoms with E-state index in [0.717, 1.165) is 10.8 Å². The van der Waals surface area contributed by atoms with E-state index in [4.69, 9.17) is 9.47 Å². The zero-order valence-electron chi connectivity index (χ0n) is 14.6. The van der Waals surface area contributed by atoms with Crippen LogP contribution in [0.25, 0.3) is 10.8 Å². The summed E-state index contributed by atoms with van der Waals surface area (Å²) < 4.78 is 11.4. The number of para-hydroxylation sites is 1. The van der Waals surface area contributed by atoms with Gasteiger partial charge in [0.15, 0.2) is 5.78 Å². The summed E-state index contributed by atoms with van der Waals surface area (Å²) in [7, 11) is 0. The Morgan fingerprint density at radius 1 is 0.926 bits per heavy atom. The van der Waals surface area contributed by atoms with Crippen molar-refractivity contribution in [3.05, 3.63) is 77.9 Å². The van der Waals surface area contributed by atoms with E-state index in [1.54, 1.807) is 6.07 Å². The summed E-state index contributed by atoms with van der Waals surface area (Å²) in [6, 6.07) is 20.8. The number of hydrogen-bond donors (Lipinski definition) is 0. The number of carbonyl (C=O) groups excluding carboxylic acids is 2. The Kier molecular flexibility index (Phi) is 3.60. The monoisotopic (exact) mass is 359 g/mol. The standard InChI is InChI=1S/C22H17NO4/c24-20(17-10-9-15-5-1-2-6-16(15)13-17)14-23-19-8-4-3-7-18(19)22(21(23)25)26-11-12-27-22/h1-10,13H,11-12,14H2. The maximum Gasteiger partial charge on any atom is 0.292 e. The van der Waals surface area contributed by atoms with Crippen LogP contribution >= 0.6 is 0 Å². The van der Waals surface area contributed by atoms with Crippen molar-refractivity contribution in [1.82, 2.24) is 0 Å². The van der Waals surface area contributed by atoms with E-state index in [1.807, 2.05) is 60.7 Å². The van der Waals surface area contributed by atoms with Gasteiger partial charge in [0, 0.05) is 11.1 Å². The molecule has 3 aromatic carbocycles. The van der Waals surface area contributed by atoms with E-state index in [0.29, 0.717) is 30.0 Å². The highest BCUT2D eigenvalue weighted by molar-refractivity contribution is 6.12. The van der Waals surface area contributed by atoms with Crippen molar-refractivity contribution < 1.29 is 19.1 Å². The molecule has 1 amide bonds. The molecule has 5 heteroatoms. The number of benzene rings is 3. The Balaban J connectivity index is 1.49. The summed E-state index contributed by atoms with van der Waals surface area (Å²) in [6.45, 7) is 0.654. The highest BCUT2D eigenvalue weighted by Crippen LogP contribution is 2.45. The third-order valence-electron chi connectivity index (χ3n) is 5.14. The average Bonchev–Trinajstić information content (AvgIpc) is 3.29. The van der Waals surface area contributed by atoms with Gasteiger partial charge in [-0.05, 0) is 22.9 Å². The summed E-state index contributed by atoms with van der Waals surface area (Å²) in [5.41, 5.74) is 1.91. The fourth-order valence-electron chi connectivity index (χ4n) is 3.84. The zero-order valence-corrected chi connectivity index (χ0v) is 14.6. The Morgan fingerprint density at radius 3 is 2.44 bits per heavy atom. The summed E-state index contributed by atoms with van der Waals surface area (Å²) in [4.78, 5) is 27.5. The minimum atomic E-state index is -1.40. The summed E-state index contributed by atoms with van der Waals surface area (Å²) >= 11 is 0. The first-order valence-electron chi connectivity index (χ1n) is 8.90. The second kappa shape index (κ2) is 6.01. The molecule has 0 aromatic heterocycles. The van der Waals surface area contributed by atoms with Crippen LogP contribution in [0.4, 0.5) is 5.69 Å². The fraction of sp³-hybridized carbons (Fsp3) is 0.182. The molecule has 0 bridgehead atoms. The number of rotatable bonds is 3. The van der Waals surface area contributed by atoms with E-state index >= 15 is 0 Å². The number of fused-ring (bicyclic) bond motifs is 3. The van der Waals surface area contributed by atoms with Crippen LogP contribution in [0.1, 0.15) is 15.9 Å². The Morgan fingerprint density at radius 2 is 1.63 bits per heavy atom. The lowest BCUT2D eigenvalue weighted by atomic mass is 10.0. The van der Waals surface area contributed by atoms with E-state index in [2.05, 4.69) is 0 Å². The number of ketones is 1. The molecule has 1 spiro atoms. The number of carbonyl (C=O) groups is 2. The van der Waals surface area contributed by atoms with Gasteiger partial charge in [0.2, 0.25) is 0 Å². The number of Topliss-reactive ketones (excluding diaryl/α,β-unsaturated/α-hetero) is 1. The minimum absolute atomic E-state index is 0.0529. The van der Waals surface area contributed by atoms with Gasteiger partial charge in [-0.3, -0.25) is 14.5 Å². The fourth-order valence-corrected chi connectivity index (χ4v) is 3.84. The van der Waals surface area contributed by atoms with Gasteiger partial charge in [0.1, 0.15) is 0 Å². The SMILES string of the molecule is O=C(CN1C(=O)C2(OCCO2)c2ccccc21)c1ccc2ccccc2c1. The first kappa shape index (κ1) is 16.2. The molecule has 2 heterocycles. The van der Waals surface area contributed by atoms with E-state index in [9.17, 15) is 9.59 Å². The van der Waals surface area contributed by atoms with Crippen molar-refractivity contribution in [2.24, 2.45) is 0 Å². The van der Waals surface area contributed by atoms with Crippen LogP contribution in [-0.4, -0.2) is 31.4 Å². The summed E-state index contributed by atoms with van der Waals surface area (Å²) in [5, 5.41) is 2.07. The molecule has 0 N–H and O–H groups in total. The normalized spacial score (nSPS) is 17.6. The highest BCUT2D eigenvalue weighted by atomic mass is 16.7. The van der Waals surface area contributed by atoms with Gasteiger partial charge in [0.25, 0.3) is 11.7 Å². The molecule has 27 heavy (non-hydrogen) atoms. The second-order valence-electron chi connectivity index (χ2n) is 6.71. The van der Waals surface area contributed by atoms with E-state index in [-0.39, 0.29) is 18.2 Å². The molecule has 1 fully saturated rings. The van der Waals surface area contributed by atoms with Gasteiger partial charge >= 0.3 is 0 Å². The van der Waals surface area contributed by atoms with Crippen molar-refractivity contribution >= 4 is 28.2 Å². The quantitative estimate of drug-likeness (QED) is 0.674. The van der Waals surface area contributed by atoms with E-state index < -0.39 is 5.79 Å². The predicted molar refractivity (Wildman–Crippen MR) is 101 cm³/mol. The summed E-state index contributed by atoms with van der Waals surface area (Å²) in [5.74, 6) is -1.87. The van der Waals surface area contributed by atoms with Crippen molar-refractivity contribution in [2.75, 3.05) is 24.7 Å². The molecule has 0 atom stereocenters. The van der Waals surface area contributed by atoms with Crippen LogP contribution in [-0.2, 0) is 20.1 Å². The largest absolute Gasteiger partial charge is 0.336 e. The molecule has 1 saturated heterocycles. The van der Waals surface area contributed by atoms with Crippen LogP contribution in [0.15, 0.2) is 66.7 Å². The minimum Gasteiger partial charge on any atom is -0.336 e. The third kappa shape index (κ3) is 2.40. The maximum atomic E-state index is 13.1. The van der Waals surface area contributed by atoms with Crippen molar-refractivity contribution in [1.29, 1.82) is 0 Å². The van der Waals surface area contributed by atoms with E-state index in [1.165, 1.54) is 4.90 Å². The molecule has 2 aliphatic heterocycles. The first-order valence-corrected chi connectivity index (χ1v) is 8.90. The van der Waals surface area contributed by atoms with Gasteiger partial charge in [-0.2, -0.15) is 0 Å². The van der Waals surface area contributed by atoms with Gasteiger partial charge < -0.3 is 9.47 Å². The van der Waals surface area contributed by atoms with Crippen molar-refractivity contribution in [3.8, 4) is 0 Å². The van der Waals surface area contributed by atoms with Crippen molar-refractivity contribution in [3.63, 3.8) is 0 Å². The summed E-state index contributed by atoms with van der Waals surface area (Å²) in [6.07, 6.45) is 0. The molecule has 3 aromatic rings. The molecule has 0 saturated carbocycles. The molecule has 0 aliphatic carbocycles. The van der Waals surface area contributed by atoms with Crippen LogP contribution in [0, 0.1) is 0 Å². The molecular weight excluding hydrogens is 342 g/mol. The third-order valence-corrected chi connectivity index (χ3v) is 5.14. The predicted octanol–water partition coefficient (Wildman–Crippen LogP) is 3.27.